The first-order valence-corrected chi connectivity index (χ1v) is 9.68. The molecule has 1 aliphatic carbocycles. The number of hydrogen-bond donors (Lipinski definition) is 0. The van der Waals surface area contributed by atoms with E-state index >= 15 is 0 Å². The number of nitrogens with zero attached hydrogens (tertiary/aromatic N) is 5. The van der Waals surface area contributed by atoms with Crippen LogP contribution < -0.4 is 0 Å². The molecular formula is C20H29N5O3. The fourth-order valence-corrected chi connectivity index (χ4v) is 3.55. The number of carbonyl (C=O) groups is 2. The molecule has 0 N–H and O–H groups in total. The summed E-state index contributed by atoms with van der Waals surface area (Å²) in [6.07, 6.45) is 0.759. The molecule has 0 unspecified atom stereocenters. The molecule has 0 saturated heterocycles. The molecule has 28 heavy (non-hydrogen) atoms. The number of rotatable bonds is 7. The van der Waals surface area contributed by atoms with Crippen molar-refractivity contribution >= 4 is 11.9 Å². The smallest absolute Gasteiger partial charge is 0.309 e. The Balaban J connectivity index is 1.82. The number of amides is 1. The fourth-order valence-electron chi connectivity index (χ4n) is 3.55. The maximum Gasteiger partial charge on any atom is 0.309 e. The van der Waals surface area contributed by atoms with Crippen LogP contribution in [0.1, 0.15) is 46.5 Å². The molecule has 2 heterocycles. The fraction of sp³-hybridized carbons (Fsp3) is 0.600. The monoisotopic (exact) mass is 387 g/mol. The van der Waals surface area contributed by atoms with E-state index in [9.17, 15) is 9.59 Å². The largest absolute Gasteiger partial charge is 0.466 e. The van der Waals surface area contributed by atoms with Crippen molar-refractivity contribution < 1.29 is 14.3 Å². The van der Waals surface area contributed by atoms with Gasteiger partial charge < -0.3 is 9.64 Å². The predicted octanol–water partition coefficient (Wildman–Crippen LogP) is 1.92. The molecule has 1 amide bonds. The van der Waals surface area contributed by atoms with E-state index < -0.39 is 0 Å². The first kappa shape index (κ1) is 20.1. The van der Waals surface area contributed by atoms with Gasteiger partial charge in [0.05, 0.1) is 18.2 Å². The van der Waals surface area contributed by atoms with E-state index in [0.717, 1.165) is 29.1 Å². The topological polar surface area (TPSA) is 82.3 Å². The maximum absolute atomic E-state index is 13.2. The Labute approximate surface area is 165 Å². The highest BCUT2D eigenvalue weighted by Gasteiger charge is 2.45. The molecule has 1 fully saturated rings. The minimum atomic E-state index is -0.165. The Morgan fingerprint density at radius 2 is 1.93 bits per heavy atom. The van der Waals surface area contributed by atoms with Crippen molar-refractivity contribution in [1.82, 2.24) is 24.5 Å². The molecule has 2 atom stereocenters. The van der Waals surface area contributed by atoms with E-state index in [2.05, 4.69) is 10.2 Å². The lowest BCUT2D eigenvalue weighted by Gasteiger charge is -2.22. The lowest BCUT2D eigenvalue weighted by Crippen LogP contribution is -2.34. The van der Waals surface area contributed by atoms with Crippen molar-refractivity contribution in [3.05, 3.63) is 34.4 Å². The van der Waals surface area contributed by atoms with Crippen LogP contribution in [0.2, 0.25) is 0 Å². The quantitative estimate of drug-likeness (QED) is 0.678. The average Bonchev–Trinajstić information content (AvgIpc) is 3.27. The second kappa shape index (κ2) is 7.77. The average molecular weight is 387 g/mol. The normalized spacial score (nSPS) is 18.2. The zero-order valence-electron chi connectivity index (χ0n) is 17.5. The number of ether oxygens (including phenoxy) is 1. The summed E-state index contributed by atoms with van der Waals surface area (Å²) in [6.45, 7) is 9.02. The van der Waals surface area contributed by atoms with E-state index in [-0.39, 0.29) is 23.7 Å². The van der Waals surface area contributed by atoms with Crippen molar-refractivity contribution in [1.29, 1.82) is 0 Å². The number of carbonyl (C=O) groups excluding carboxylic acids is 2. The summed E-state index contributed by atoms with van der Waals surface area (Å²) in [4.78, 5) is 27.0. The molecule has 0 radical (unpaired) electrons. The summed E-state index contributed by atoms with van der Waals surface area (Å²) >= 11 is 0. The number of aromatic nitrogens is 4. The summed E-state index contributed by atoms with van der Waals surface area (Å²) in [6, 6.07) is 1.80. The highest BCUT2D eigenvalue weighted by atomic mass is 16.5. The maximum atomic E-state index is 13.2. The van der Waals surface area contributed by atoms with Crippen LogP contribution in [-0.2, 0) is 30.2 Å². The third kappa shape index (κ3) is 3.95. The highest BCUT2D eigenvalue weighted by Crippen LogP contribution is 2.40. The van der Waals surface area contributed by atoms with E-state index in [4.69, 9.17) is 4.74 Å². The minimum absolute atomic E-state index is 0.114. The summed E-state index contributed by atoms with van der Waals surface area (Å²) < 4.78 is 8.66. The van der Waals surface area contributed by atoms with Gasteiger partial charge >= 0.3 is 5.97 Å². The van der Waals surface area contributed by atoms with Gasteiger partial charge in [0.1, 0.15) is 0 Å². The lowest BCUT2D eigenvalue weighted by atomic mass is 10.1. The summed E-state index contributed by atoms with van der Waals surface area (Å²) in [5.41, 5.74) is 4.33. The molecule has 2 aromatic heterocycles. The van der Waals surface area contributed by atoms with Gasteiger partial charge in [0.2, 0.25) is 0 Å². The van der Waals surface area contributed by atoms with Gasteiger partial charge in [-0.2, -0.15) is 10.2 Å². The predicted molar refractivity (Wildman–Crippen MR) is 104 cm³/mol. The van der Waals surface area contributed by atoms with Crippen LogP contribution >= 0.6 is 0 Å². The van der Waals surface area contributed by atoms with Crippen LogP contribution in [0.5, 0.6) is 0 Å². The zero-order chi connectivity index (χ0) is 20.6. The van der Waals surface area contributed by atoms with E-state index in [1.807, 2.05) is 46.5 Å². The van der Waals surface area contributed by atoms with E-state index in [0.29, 0.717) is 25.4 Å². The van der Waals surface area contributed by atoms with Crippen molar-refractivity contribution in [2.75, 3.05) is 13.2 Å². The third-order valence-electron chi connectivity index (χ3n) is 5.59. The lowest BCUT2D eigenvalue weighted by molar-refractivity contribution is -0.145. The molecule has 2 aromatic rings. The van der Waals surface area contributed by atoms with Gasteiger partial charge in [-0.15, -0.1) is 0 Å². The molecule has 8 heteroatoms. The van der Waals surface area contributed by atoms with Crippen LogP contribution in [0.25, 0.3) is 0 Å². The first-order valence-electron chi connectivity index (χ1n) is 9.68. The van der Waals surface area contributed by atoms with Crippen molar-refractivity contribution in [2.45, 2.75) is 40.7 Å². The number of hydrogen-bond acceptors (Lipinski definition) is 5. The van der Waals surface area contributed by atoms with E-state index in [1.165, 1.54) is 0 Å². The van der Waals surface area contributed by atoms with Gasteiger partial charge in [-0.25, -0.2) is 0 Å². The Hall–Kier alpha value is -2.64. The van der Waals surface area contributed by atoms with Gasteiger partial charge in [-0.1, -0.05) is 0 Å². The van der Waals surface area contributed by atoms with Gasteiger partial charge in [0, 0.05) is 44.1 Å². The first-order chi connectivity index (χ1) is 13.2. The third-order valence-corrected chi connectivity index (χ3v) is 5.59. The van der Waals surface area contributed by atoms with E-state index in [1.54, 1.807) is 15.6 Å². The molecule has 1 saturated carbocycles. The van der Waals surface area contributed by atoms with Crippen molar-refractivity contribution in [3.8, 4) is 0 Å². The minimum Gasteiger partial charge on any atom is -0.466 e. The molecule has 0 aromatic carbocycles. The van der Waals surface area contributed by atoms with Gasteiger partial charge in [0.25, 0.3) is 5.91 Å². The zero-order valence-corrected chi connectivity index (χ0v) is 17.5. The Morgan fingerprint density at radius 1 is 1.21 bits per heavy atom. The van der Waals surface area contributed by atoms with Crippen molar-refractivity contribution in [3.63, 3.8) is 0 Å². The summed E-state index contributed by atoms with van der Waals surface area (Å²) in [7, 11) is 3.72. The molecule has 0 bridgehead atoms. The Kier molecular flexibility index (Phi) is 5.58. The second-order valence-electron chi connectivity index (χ2n) is 7.61. The molecule has 8 nitrogen and oxygen atoms in total. The van der Waals surface area contributed by atoms with Crippen LogP contribution in [0, 0.1) is 32.6 Å². The molecule has 152 valence electrons. The Bertz CT molecular complexity index is 879. The highest BCUT2D eigenvalue weighted by molar-refractivity contribution is 5.92. The number of aryl methyl sites for hydroxylation is 4. The Morgan fingerprint density at radius 3 is 2.46 bits per heavy atom. The second-order valence-corrected chi connectivity index (χ2v) is 7.61. The van der Waals surface area contributed by atoms with Gasteiger partial charge in [-0.05, 0) is 46.1 Å². The molecular weight excluding hydrogens is 358 g/mol. The standard InChI is InChI=1S/C20H29N5O3/c1-7-28-20(27)16-9-15(16)10-25(11-17-13(3)21-24(6)14(17)4)19(26)18-8-12(2)23(5)22-18/h8,15-16H,7,9-11H2,1-6H3/t15-,16-/m0/s1. The van der Waals surface area contributed by atoms with Gasteiger partial charge in [-0.3, -0.25) is 19.0 Å². The summed E-state index contributed by atoms with van der Waals surface area (Å²) in [5, 5.41) is 8.81. The molecule has 3 rings (SSSR count). The van der Waals surface area contributed by atoms with Crippen molar-refractivity contribution in [2.24, 2.45) is 25.9 Å². The molecule has 0 spiro atoms. The van der Waals surface area contributed by atoms with Crippen LogP contribution in [0.15, 0.2) is 6.07 Å². The van der Waals surface area contributed by atoms with Crippen LogP contribution in [0.3, 0.4) is 0 Å². The number of esters is 1. The SMILES string of the molecule is CCOC(=O)[C@H]1C[C@H]1CN(Cc1c(C)nn(C)c1C)C(=O)c1cc(C)n(C)n1. The molecule has 0 aliphatic heterocycles. The van der Waals surface area contributed by atoms with Crippen LogP contribution in [0.4, 0.5) is 0 Å². The summed E-state index contributed by atoms with van der Waals surface area (Å²) in [5.74, 6) is -0.273. The van der Waals surface area contributed by atoms with Crippen LogP contribution in [-0.4, -0.2) is 49.5 Å². The molecule has 1 aliphatic rings. The van der Waals surface area contributed by atoms with Gasteiger partial charge in [0.15, 0.2) is 5.69 Å².